The van der Waals surface area contributed by atoms with E-state index in [-0.39, 0.29) is 0 Å². The fourth-order valence-electron chi connectivity index (χ4n) is 2.23. The van der Waals surface area contributed by atoms with Crippen molar-refractivity contribution in [3.8, 4) is 0 Å². The molecule has 5 nitrogen and oxygen atoms in total. The van der Waals surface area contributed by atoms with Crippen LogP contribution in [0.25, 0.3) is 0 Å². The van der Waals surface area contributed by atoms with Crippen molar-refractivity contribution in [1.29, 1.82) is 0 Å². The van der Waals surface area contributed by atoms with Crippen LogP contribution >= 0.6 is 0 Å². The molecule has 0 aromatic carbocycles. The van der Waals surface area contributed by atoms with Crippen LogP contribution in [0.2, 0.25) is 0 Å². The summed E-state index contributed by atoms with van der Waals surface area (Å²) in [5, 5.41) is 0. The number of hydrogen-bond donors (Lipinski definition) is 0. The lowest BCUT2D eigenvalue weighted by Gasteiger charge is -2.31. The Morgan fingerprint density at radius 2 is 1.75 bits per heavy atom. The maximum Gasteiger partial charge on any atom is 0.406 e. The molecule has 0 aromatic rings. The van der Waals surface area contributed by atoms with Crippen molar-refractivity contribution in [3.63, 3.8) is 0 Å². The fourth-order valence-corrected chi connectivity index (χ4v) is 2.57. The molecule has 0 N–H and O–H groups in total. The average Bonchev–Trinajstić information content (AvgIpc) is 2.76. The van der Waals surface area contributed by atoms with Gasteiger partial charge in [-0.25, -0.2) is 8.42 Å². The summed E-state index contributed by atoms with van der Waals surface area (Å²) < 4.78 is 60.9. The lowest BCUT2D eigenvalue weighted by molar-refractivity contribution is -0.165. The van der Waals surface area contributed by atoms with Gasteiger partial charge in [-0.2, -0.15) is 17.5 Å². The molecule has 0 unspecified atom stereocenters. The molecular formula is C11H19F3N2O3S. The van der Waals surface area contributed by atoms with Gasteiger partial charge in [0.25, 0.3) is 0 Å². The van der Waals surface area contributed by atoms with Gasteiger partial charge in [0.2, 0.25) is 15.9 Å². The molecule has 0 saturated heterocycles. The highest BCUT2D eigenvalue weighted by atomic mass is 32.2. The van der Waals surface area contributed by atoms with E-state index in [0.717, 1.165) is 28.3 Å². The first-order valence-corrected chi connectivity index (χ1v) is 8.13. The maximum absolute atomic E-state index is 12.6. The Hall–Kier alpha value is -0.830. The van der Waals surface area contributed by atoms with E-state index in [1.807, 2.05) is 0 Å². The van der Waals surface area contributed by atoms with Gasteiger partial charge in [-0.15, -0.1) is 0 Å². The molecule has 1 aliphatic carbocycles. The Balaban J connectivity index is 2.79. The quantitative estimate of drug-likeness (QED) is 0.766. The zero-order valence-electron chi connectivity index (χ0n) is 11.5. The first-order chi connectivity index (χ1) is 9.00. The van der Waals surface area contributed by atoms with Gasteiger partial charge < -0.3 is 4.90 Å². The second-order valence-electron chi connectivity index (χ2n) is 5.09. The fraction of sp³-hybridized carbons (Fsp3) is 0.909. The van der Waals surface area contributed by atoms with E-state index in [1.165, 1.54) is 7.05 Å². The summed E-state index contributed by atoms with van der Waals surface area (Å²) >= 11 is 0. The standard InChI is InChI=1S/C11H19F3N2O3S/c1-15(20(2,18)19)7-10(17)16(8-11(12,13)14)9-5-3-4-6-9/h9H,3-8H2,1-2H3. The predicted molar refractivity (Wildman–Crippen MR) is 67.5 cm³/mol. The van der Waals surface area contributed by atoms with Crippen LogP contribution in [0.1, 0.15) is 25.7 Å². The molecule has 0 spiro atoms. The minimum Gasteiger partial charge on any atom is -0.329 e. The highest BCUT2D eigenvalue weighted by molar-refractivity contribution is 7.88. The molecule has 1 aliphatic rings. The Morgan fingerprint density at radius 1 is 1.25 bits per heavy atom. The third-order valence-electron chi connectivity index (χ3n) is 3.36. The first-order valence-electron chi connectivity index (χ1n) is 6.28. The van der Waals surface area contributed by atoms with Crippen LogP contribution in [0.3, 0.4) is 0 Å². The summed E-state index contributed by atoms with van der Waals surface area (Å²) in [4.78, 5) is 12.8. The van der Waals surface area contributed by atoms with Crippen molar-refractivity contribution < 1.29 is 26.4 Å². The maximum atomic E-state index is 12.6. The zero-order chi connectivity index (χ0) is 15.6. The Bertz CT molecular complexity index is 444. The number of likely N-dealkylation sites (N-methyl/N-ethyl adjacent to an activating group) is 1. The minimum absolute atomic E-state index is 0.447. The third kappa shape index (κ3) is 5.28. The molecule has 1 rings (SSSR count). The summed E-state index contributed by atoms with van der Waals surface area (Å²) in [5.41, 5.74) is 0. The number of sulfonamides is 1. The van der Waals surface area contributed by atoms with E-state index in [1.54, 1.807) is 0 Å². The molecule has 118 valence electrons. The molecule has 1 fully saturated rings. The van der Waals surface area contributed by atoms with Crippen molar-refractivity contribution in [2.24, 2.45) is 0 Å². The molecule has 0 bridgehead atoms. The van der Waals surface area contributed by atoms with Gasteiger partial charge in [-0.05, 0) is 12.8 Å². The van der Waals surface area contributed by atoms with Gasteiger partial charge in [0, 0.05) is 13.1 Å². The van der Waals surface area contributed by atoms with Crippen molar-refractivity contribution in [3.05, 3.63) is 0 Å². The number of carbonyl (C=O) groups excluding carboxylic acids is 1. The largest absolute Gasteiger partial charge is 0.406 e. The van der Waals surface area contributed by atoms with Crippen molar-refractivity contribution in [2.75, 3.05) is 26.4 Å². The molecule has 0 atom stereocenters. The van der Waals surface area contributed by atoms with E-state index in [4.69, 9.17) is 0 Å². The van der Waals surface area contributed by atoms with Crippen molar-refractivity contribution in [1.82, 2.24) is 9.21 Å². The molecule has 0 heterocycles. The second-order valence-corrected chi connectivity index (χ2v) is 7.18. The highest BCUT2D eigenvalue weighted by Gasteiger charge is 2.37. The number of alkyl halides is 3. The molecule has 0 radical (unpaired) electrons. The SMILES string of the molecule is CN(CC(=O)N(CC(F)(F)F)C1CCCC1)S(C)(=O)=O. The van der Waals surface area contributed by atoms with Crippen LogP contribution in [0.4, 0.5) is 13.2 Å². The predicted octanol–water partition coefficient (Wildman–Crippen LogP) is 1.21. The number of hydrogen-bond acceptors (Lipinski definition) is 3. The lowest BCUT2D eigenvalue weighted by atomic mass is 10.2. The zero-order valence-corrected chi connectivity index (χ0v) is 12.3. The van der Waals surface area contributed by atoms with Crippen LogP contribution in [-0.4, -0.2) is 62.1 Å². The summed E-state index contributed by atoms with van der Waals surface area (Å²) in [6, 6.07) is -0.447. The van der Waals surface area contributed by atoms with Gasteiger partial charge >= 0.3 is 6.18 Å². The van der Waals surface area contributed by atoms with Crippen LogP contribution in [0, 0.1) is 0 Å². The Labute approximate surface area is 116 Å². The van der Waals surface area contributed by atoms with Gasteiger partial charge in [0.15, 0.2) is 0 Å². The van der Waals surface area contributed by atoms with Crippen LogP contribution in [-0.2, 0) is 14.8 Å². The van der Waals surface area contributed by atoms with Crippen LogP contribution in [0.5, 0.6) is 0 Å². The summed E-state index contributed by atoms with van der Waals surface area (Å²) in [7, 11) is -2.42. The summed E-state index contributed by atoms with van der Waals surface area (Å²) in [6.45, 7) is -1.89. The molecule has 0 aromatic heterocycles. The molecule has 0 aliphatic heterocycles. The summed E-state index contributed by atoms with van der Waals surface area (Å²) in [5.74, 6) is -0.804. The highest BCUT2D eigenvalue weighted by Crippen LogP contribution is 2.27. The van der Waals surface area contributed by atoms with E-state index < -0.39 is 41.2 Å². The van der Waals surface area contributed by atoms with E-state index in [2.05, 4.69) is 0 Å². The number of rotatable bonds is 5. The van der Waals surface area contributed by atoms with Gasteiger partial charge in [-0.3, -0.25) is 4.79 Å². The van der Waals surface area contributed by atoms with E-state index in [9.17, 15) is 26.4 Å². The number of nitrogens with zero attached hydrogens (tertiary/aromatic N) is 2. The molecule has 20 heavy (non-hydrogen) atoms. The van der Waals surface area contributed by atoms with Crippen molar-refractivity contribution >= 4 is 15.9 Å². The second kappa shape index (κ2) is 6.30. The third-order valence-corrected chi connectivity index (χ3v) is 4.62. The topological polar surface area (TPSA) is 57.7 Å². The van der Waals surface area contributed by atoms with E-state index in [0.29, 0.717) is 12.8 Å². The number of halogens is 3. The lowest BCUT2D eigenvalue weighted by Crippen LogP contribution is -2.48. The molecular weight excluding hydrogens is 297 g/mol. The first kappa shape index (κ1) is 17.2. The van der Waals surface area contributed by atoms with Gasteiger partial charge in [0.05, 0.1) is 12.8 Å². The normalized spacial score (nSPS) is 17.7. The average molecular weight is 316 g/mol. The molecule has 9 heteroatoms. The Kier molecular flexibility index (Phi) is 5.42. The molecule has 1 amide bonds. The van der Waals surface area contributed by atoms with Gasteiger partial charge in [0.1, 0.15) is 6.54 Å². The van der Waals surface area contributed by atoms with Crippen LogP contribution in [0.15, 0.2) is 0 Å². The summed E-state index contributed by atoms with van der Waals surface area (Å²) in [6.07, 6.45) is -0.941. The van der Waals surface area contributed by atoms with Crippen LogP contribution < -0.4 is 0 Å². The monoisotopic (exact) mass is 316 g/mol. The van der Waals surface area contributed by atoms with Gasteiger partial charge in [-0.1, -0.05) is 12.8 Å². The smallest absolute Gasteiger partial charge is 0.329 e. The minimum atomic E-state index is -4.48. The number of amides is 1. The number of carbonyl (C=O) groups is 1. The molecule has 1 saturated carbocycles. The van der Waals surface area contributed by atoms with Crippen molar-refractivity contribution in [2.45, 2.75) is 37.9 Å². The Morgan fingerprint density at radius 3 is 2.15 bits per heavy atom. The van der Waals surface area contributed by atoms with E-state index >= 15 is 0 Å².